The first-order valence-electron chi connectivity index (χ1n) is 6.26. The molecule has 1 heterocycles. The van der Waals surface area contributed by atoms with Gasteiger partial charge in [-0.15, -0.1) is 0 Å². The number of hydrogen-bond acceptors (Lipinski definition) is 2. The van der Waals surface area contributed by atoms with E-state index in [0.717, 1.165) is 13.0 Å². The lowest BCUT2D eigenvalue weighted by Gasteiger charge is -2.38. The summed E-state index contributed by atoms with van der Waals surface area (Å²) in [5, 5.41) is 0. The number of rotatable bonds is 1. The van der Waals surface area contributed by atoms with Crippen LogP contribution < -0.4 is 5.73 Å². The van der Waals surface area contributed by atoms with Crippen LogP contribution in [0.2, 0.25) is 0 Å². The second-order valence-corrected chi connectivity index (χ2v) is 4.95. The predicted molar refractivity (Wildman–Crippen MR) is 69.8 cm³/mol. The highest BCUT2D eigenvalue weighted by atomic mass is 16.2. The second-order valence-electron chi connectivity index (χ2n) is 4.95. The molecule has 1 aliphatic rings. The first kappa shape index (κ1) is 12.0. The molecule has 2 unspecified atom stereocenters. The molecule has 0 aliphatic carbocycles. The van der Waals surface area contributed by atoms with Crippen LogP contribution in [-0.2, 0) is 0 Å². The fraction of sp³-hybridized carbons (Fsp3) is 0.500. The first-order valence-corrected chi connectivity index (χ1v) is 6.26. The number of anilines is 1. The number of piperidine rings is 1. The molecular weight excluding hydrogens is 212 g/mol. The minimum Gasteiger partial charge on any atom is -0.398 e. The number of carbonyl (C=O) groups excluding carboxylic acids is 1. The highest BCUT2D eigenvalue weighted by Crippen LogP contribution is 2.25. The van der Waals surface area contributed by atoms with E-state index in [9.17, 15) is 4.79 Å². The van der Waals surface area contributed by atoms with Crippen molar-refractivity contribution in [2.24, 2.45) is 5.92 Å². The smallest absolute Gasteiger partial charge is 0.256 e. The normalized spacial score (nSPS) is 24.7. The van der Waals surface area contributed by atoms with Crippen molar-refractivity contribution in [3.8, 4) is 0 Å². The number of nitrogens with two attached hydrogens (primary N) is 1. The van der Waals surface area contributed by atoms with Gasteiger partial charge >= 0.3 is 0 Å². The summed E-state index contributed by atoms with van der Waals surface area (Å²) in [4.78, 5) is 14.4. The van der Waals surface area contributed by atoms with Gasteiger partial charge in [-0.2, -0.15) is 0 Å². The maximum absolute atomic E-state index is 12.4. The van der Waals surface area contributed by atoms with Gasteiger partial charge in [0, 0.05) is 18.3 Å². The van der Waals surface area contributed by atoms with Crippen LogP contribution in [0.1, 0.15) is 37.0 Å². The molecule has 2 atom stereocenters. The Morgan fingerprint density at radius 2 is 2.06 bits per heavy atom. The van der Waals surface area contributed by atoms with Crippen LogP contribution in [0.4, 0.5) is 5.69 Å². The minimum absolute atomic E-state index is 0.0714. The molecule has 1 aliphatic heterocycles. The maximum Gasteiger partial charge on any atom is 0.256 e. The monoisotopic (exact) mass is 232 g/mol. The molecule has 0 bridgehead atoms. The fourth-order valence-electron chi connectivity index (χ4n) is 2.47. The molecule has 2 N–H and O–H groups in total. The Balaban J connectivity index is 2.23. The third-order valence-corrected chi connectivity index (χ3v) is 3.83. The molecule has 1 aromatic carbocycles. The summed E-state index contributed by atoms with van der Waals surface area (Å²) in [5.41, 5.74) is 7.07. The predicted octanol–water partition coefficient (Wildman–Crippen LogP) is 2.53. The Morgan fingerprint density at radius 3 is 2.76 bits per heavy atom. The minimum atomic E-state index is 0.0714. The molecule has 1 saturated heterocycles. The molecule has 3 nitrogen and oxygen atoms in total. The molecule has 1 aromatic rings. The molecule has 92 valence electrons. The third kappa shape index (κ3) is 2.28. The van der Waals surface area contributed by atoms with Gasteiger partial charge in [0.25, 0.3) is 5.91 Å². The number of para-hydroxylation sites is 1. The van der Waals surface area contributed by atoms with Crippen LogP contribution in [0.5, 0.6) is 0 Å². The number of nitrogens with zero attached hydrogens (tertiary/aromatic N) is 1. The maximum atomic E-state index is 12.4. The summed E-state index contributed by atoms with van der Waals surface area (Å²) >= 11 is 0. The van der Waals surface area contributed by atoms with E-state index in [0.29, 0.717) is 23.2 Å². The summed E-state index contributed by atoms with van der Waals surface area (Å²) < 4.78 is 0. The number of carbonyl (C=O) groups is 1. The largest absolute Gasteiger partial charge is 0.398 e. The van der Waals surface area contributed by atoms with E-state index in [2.05, 4.69) is 13.8 Å². The quantitative estimate of drug-likeness (QED) is 0.756. The molecule has 1 amide bonds. The van der Waals surface area contributed by atoms with Gasteiger partial charge in [-0.1, -0.05) is 19.1 Å². The van der Waals surface area contributed by atoms with Gasteiger partial charge in [-0.05, 0) is 37.8 Å². The molecule has 3 heteroatoms. The summed E-state index contributed by atoms with van der Waals surface area (Å²) in [6.07, 6.45) is 2.29. The van der Waals surface area contributed by atoms with Crippen molar-refractivity contribution in [1.82, 2.24) is 4.90 Å². The molecule has 0 spiro atoms. The summed E-state index contributed by atoms with van der Waals surface area (Å²) in [5.74, 6) is 0.639. The highest BCUT2D eigenvalue weighted by molar-refractivity contribution is 5.99. The molecule has 0 aromatic heterocycles. The topological polar surface area (TPSA) is 46.3 Å². The van der Waals surface area contributed by atoms with Crippen LogP contribution in [0.25, 0.3) is 0 Å². The van der Waals surface area contributed by atoms with Crippen molar-refractivity contribution in [1.29, 1.82) is 0 Å². The van der Waals surface area contributed by atoms with Gasteiger partial charge in [0.1, 0.15) is 0 Å². The van der Waals surface area contributed by atoms with Crippen LogP contribution in [0.15, 0.2) is 24.3 Å². The van der Waals surface area contributed by atoms with Gasteiger partial charge in [0.05, 0.1) is 5.56 Å². The number of amides is 1. The number of nitrogen functional groups attached to an aromatic ring is 1. The van der Waals surface area contributed by atoms with Crippen molar-refractivity contribution >= 4 is 11.6 Å². The van der Waals surface area contributed by atoms with Gasteiger partial charge in [0.2, 0.25) is 0 Å². The van der Waals surface area contributed by atoms with Crippen LogP contribution >= 0.6 is 0 Å². The number of hydrogen-bond donors (Lipinski definition) is 1. The standard InChI is InChI=1S/C14H20N2O/c1-10-6-5-9-16(11(10)2)14(17)12-7-3-4-8-13(12)15/h3-4,7-8,10-11H,5-6,9,15H2,1-2H3. The zero-order valence-corrected chi connectivity index (χ0v) is 10.5. The van der Waals surface area contributed by atoms with Crippen molar-refractivity contribution in [3.63, 3.8) is 0 Å². The van der Waals surface area contributed by atoms with E-state index < -0.39 is 0 Å². The van der Waals surface area contributed by atoms with Crippen molar-refractivity contribution in [2.75, 3.05) is 12.3 Å². The number of likely N-dealkylation sites (tertiary alicyclic amines) is 1. The average Bonchev–Trinajstić information content (AvgIpc) is 2.32. The van der Waals surface area contributed by atoms with Crippen molar-refractivity contribution in [2.45, 2.75) is 32.7 Å². The Morgan fingerprint density at radius 1 is 1.35 bits per heavy atom. The summed E-state index contributed by atoms with van der Waals surface area (Å²) in [6, 6.07) is 7.61. The van der Waals surface area contributed by atoms with E-state index >= 15 is 0 Å². The van der Waals surface area contributed by atoms with Gasteiger partial charge < -0.3 is 10.6 Å². The highest BCUT2D eigenvalue weighted by Gasteiger charge is 2.29. The molecular formula is C14H20N2O. The number of benzene rings is 1. The molecule has 0 radical (unpaired) electrons. The Kier molecular flexibility index (Phi) is 3.36. The summed E-state index contributed by atoms with van der Waals surface area (Å²) in [7, 11) is 0. The van der Waals surface area contributed by atoms with Gasteiger partial charge in [-0.3, -0.25) is 4.79 Å². The lowest BCUT2D eigenvalue weighted by molar-refractivity contribution is 0.0552. The molecule has 2 rings (SSSR count). The summed E-state index contributed by atoms with van der Waals surface area (Å²) in [6.45, 7) is 5.18. The molecule has 17 heavy (non-hydrogen) atoms. The Hall–Kier alpha value is -1.51. The SMILES string of the molecule is CC1CCCN(C(=O)c2ccccc2N)C1C. The Bertz CT molecular complexity index is 416. The zero-order chi connectivity index (χ0) is 12.4. The fourth-order valence-corrected chi connectivity index (χ4v) is 2.47. The molecule has 1 fully saturated rings. The Labute approximate surface area is 103 Å². The van der Waals surface area contributed by atoms with Gasteiger partial charge in [0.15, 0.2) is 0 Å². The average molecular weight is 232 g/mol. The van der Waals surface area contributed by atoms with E-state index in [-0.39, 0.29) is 5.91 Å². The van der Waals surface area contributed by atoms with Crippen LogP contribution in [-0.4, -0.2) is 23.4 Å². The van der Waals surface area contributed by atoms with Crippen LogP contribution in [0, 0.1) is 5.92 Å². The zero-order valence-electron chi connectivity index (χ0n) is 10.5. The van der Waals surface area contributed by atoms with Crippen LogP contribution in [0.3, 0.4) is 0 Å². The first-order chi connectivity index (χ1) is 8.11. The van der Waals surface area contributed by atoms with Gasteiger partial charge in [-0.25, -0.2) is 0 Å². The van der Waals surface area contributed by atoms with E-state index in [1.54, 1.807) is 6.07 Å². The van der Waals surface area contributed by atoms with E-state index in [1.807, 2.05) is 23.1 Å². The lowest BCUT2D eigenvalue weighted by atomic mass is 9.91. The van der Waals surface area contributed by atoms with Crippen molar-refractivity contribution < 1.29 is 4.79 Å². The molecule has 0 saturated carbocycles. The lowest BCUT2D eigenvalue weighted by Crippen LogP contribution is -2.46. The van der Waals surface area contributed by atoms with Crippen molar-refractivity contribution in [3.05, 3.63) is 29.8 Å². The van der Waals surface area contributed by atoms with E-state index in [4.69, 9.17) is 5.73 Å². The van der Waals surface area contributed by atoms with E-state index in [1.165, 1.54) is 6.42 Å². The third-order valence-electron chi connectivity index (χ3n) is 3.83. The second kappa shape index (κ2) is 4.78.